The predicted molar refractivity (Wildman–Crippen MR) is 99.2 cm³/mol. The number of ether oxygens (including phenoxy) is 2. The maximum atomic E-state index is 12.1. The molecule has 2 heterocycles. The van der Waals surface area contributed by atoms with E-state index in [1.54, 1.807) is 18.2 Å². The van der Waals surface area contributed by atoms with Gasteiger partial charge in [-0.3, -0.25) is 0 Å². The predicted octanol–water partition coefficient (Wildman–Crippen LogP) is 1.33. The highest BCUT2D eigenvalue weighted by Gasteiger charge is 2.43. The molecule has 7 heteroatoms. The standard InChI is InChI=1S/C19H26Cl2NO3.HI/c1-22-9-3-2-6-17(22)14(5-4-10-22)12-25-19(23)13-24-18-8-7-15(20)11-16(18)21;/h7-8,11,14,17H,2-6,9-10,12-13H2,1H3;1H/q+1;/p-1. The van der Waals surface area contributed by atoms with Crippen molar-refractivity contribution in [2.75, 3.05) is 33.4 Å². The average molecular weight is 514 g/mol. The summed E-state index contributed by atoms with van der Waals surface area (Å²) in [6.07, 6.45) is 6.22. The lowest BCUT2D eigenvalue weighted by atomic mass is 9.82. The Morgan fingerprint density at radius 1 is 1.19 bits per heavy atom. The van der Waals surface area contributed by atoms with Crippen LogP contribution in [0.3, 0.4) is 0 Å². The first kappa shape index (κ1) is 22.1. The van der Waals surface area contributed by atoms with E-state index in [0.29, 0.717) is 34.4 Å². The van der Waals surface area contributed by atoms with Crippen LogP contribution in [-0.2, 0) is 9.53 Å². The molecule has 146 valence electrons. The van der Waals surface area contributed by atoms with E-state index in [1.807, 2.05) is 0 Å². The summed E-state index contributed by atoms with van der Waals surface area (Å²) < 4.78 is 12.1. The molecule has 0 aromatic heterocycles. The summed E-state index contributed by atoms with van der Waals surface area (Å²) in [4.78, 5) is 12.1. The molecule has 0 bridgehead atoms. The Hall–Kier alpha value is -0.240. The second kappa shape index (κ2) is 9.80. The Labute approximate surface area is 182 Å². The van der Waals surface area contributed by atoms with Gasteiger partial charge in [0.05, 0.1) is 37.8 Å². The fourth-order valence-electron chi connectivity index (χ4n) is 4.40. The van der Waals surface area contributed by atoms with Gasteiger partial charge in [0.15, 0.2) is 6.61 Å². The summed E-state index contributed by atoms with van der Waals surface area (Å²) in [5.74, 6) is 0.556. The minimum absolute atomic E-state index is 0. The molecule has 2 aliphatic heterocycles. The van der Waals surface area contributed by atoms with E-state index in [0.717, 1.165) is 10.9 Å². The summed E-state index contributed by atoms with van der Waals surface area (Å²) in [6, 6.07) is 5.55. The van der Waals surface area contributed by atoms with Crippen molar-refractivity contribution >= 4 is 29.2 Å². The van der Waals surface area contributed by atoms with Crippen LogP contribution >= 0.6 is 23.2 Å². The third-order valence-electron chi connectivity index (χ3n) is 5.71. The van der Waals surface area contributed by atoms with Crippen molar-refractivity contribution in [1.82, 2.24) is 0 Å². The summed E-state index contributed by atoms with van der Waals surface area (Å²) >= 11 is 11.9. The largest absolute Gasteiger partial charge is 1.00 e. The molecule has 0 amide bonds. The lowest BCUT2D eigenvalue weighted by Gasteiger charge is -2.51. The molecule has 3 atom stereocenters. The molecule has 3 unspecified atom stereocenters. The second-order valence-corrected chi connectivity index (χ2v) is 8.28. The number of hydrogen-bond acceptors (Lipinski definition) is 3. The number of rotatable bonds is 5. The minimum atomic E-state index is -0.346. The number of piperidine rings is 2. The molecule has 0 N–H and O–H groups in total. The molecule has 3 rings (SSSR count). The van der Waals surface area contributed by atoms with Gasteiger partial charge in [-0.25, -0.2) is 4.79 Å². The van der Waals surface area contributed by atoms with Crippen molar-refractivity contribution in [1.29, 1.82) is 0 Å². The monoisotopic (exact) mass is 513 g/mol. The Morgan fingerprint density at radius 3 is 2.73 bits per heavy atom. The van der Waals surface area contributed by atoms with Crippen molar-refractivity contribution in [3.05, 3.63) is 28.2 Å². The first-order valence-electron chi connectivity index (χ1n) is 9.06. The maximum Gasteiger partial charge on any atom is 0.344 e. The van der Waals surface area contributed by atoms with Crippen LogP contribution in [-0.4, -0.2) is 49.8 Å². The van der Waals surface area contributed by atoms with E-state index in [1.165, 1.54) is 38.8 Å². The quantitative estimate of drug-likeness (QED) is 0.338. The van der Waals surface area contributed by atoms with Crippen LogP contribution in [0, 0.1) is 5.92 Å². The Bertz CT molecular complexity index is 627. The average Bonchev–Trinajstić information content (AvgIpc) is 2.58. The van der Waals surface area contributed by atoms with E-state index in [-0.39, 0.29) is 36.6 Å². The fraction of sp³-hybridized carbons (Fsp3) is 0.632. The highest BCUT2D eigenvalue weighted by Crippen LogP contribution is 2.36. The highest BCUT2D eigenvalue weighted by molar-refractivity contribution is 6.35. The summed E-state index contributed by atoms with van der Waals surface area (Å²) in [5.41, 5.74) is 0. The number of nitrogens with zero attached hydrogens (tertiary/aromatic N) is 1. The number of carbonyl (C=O) groups excluding carboxylic acids is 1. The highest BCUT2D eigenvalue weighted by atomic mass is 127. The normalized spacial score (nSPS) is 27.8. The van der Waals surface area contributed by atoms with Crippen molar-refractivity contribution in [2.45, 2.75) is 38.1 Å². The molecule has 0 aliphatic carbocycles. The second-order valence-electron chi connectivity index (χ2n) is 7.44. The van der Waals surface area contributed by atoms with Crippen molar-refractivity contribution in [3.8, 4) is 5.75 Å². The fourth-order valence-corrected chi connectivity index (χ4v) is 4.86. The van der Waals surface area contributed by atoms with E-state index in [9.17, 15) is 4.79 Å². The number of carbonyl (C=O) groups is 1. The zero-order valence-corrected chi connectivity index (χ0v) is 18.7. The van der Waals surface area contributed by atoms with Gasteiger partial charge in [-0.1, -0.05) is 23.2 Å². The van der Waals surface area contributed by atoms with Gasteiger partial charge in [-0.05, 0) is 43.9 Å². The van der Waals surface area contributed by atoms with E-state index >= 15 is 0 Å². The van der Waals surface area contributed by atoms with Gasteiger partial charge in [-0.2, -0.15) is 0 Å². The van der Waals surface area contributed by atoms with Crippen molar-refractivity contribution in [3.63, 3.8) is 0 Å². The van der Waals surface area contributed by atoms with Crippen LogP contribution in [0.1, 0.15) is 32.1 Å². The third kappa shape index (κ3) is 5.40. The number of benzene rings is 1. The zero-order chi connectivity index (χ0) is 17.9. The first-order valence-corrected chi connectivity index (χ1v) is 9.81. The number of esters is 1. The van der Waals surface area contributed by atoms with Crippen LogP contribution < -0.4 is 28.7 Å². The van der Waals surface area contributed by atoms with Crippen LogP contribution in [0.15, 0.2) is 18.2 Å². The van der Waals surface area contributed by atoms with Gasteiger partial charge < -0.3 is 37.9 Å². The third-order valence-corrected chi connectivity index (χ3v) is 6.24. The smallest absolute Gasteiger partial charge is 0.344 e. The molecule has 2 saturated heterocycles. The number of hydrogen-bond donors (Lipinski definition) is 0. The number of quaternary nitrogens is 1. The molecule has 1 aromatic rings. The van der Waals surface area contributed by atoms with Gasteiger partial charge in [-0.15, -0.1) is 0 Å². The van der Waals surface area contributed by atoms with Crippen LogP contribution in [0.2, 0.25) is 10.0 Å². The molecule has 0 saturated carbocycles. The molecular weight excluding hydrogens is 488 g/mol. The molecule has 4 nitrogen and oxygen atoms in total. The van der Waals surface area contributed by atoms with Crippen LogP contribution in [0.5, 0.6) is 5.75 Å². The van der Waals surface area contributed by atoms with Gasteiger partial charge in [0, 0.05) is 17.4 Å². The zero-order valence-electron chi connectivity index (χ0n) is 15.1. The van der Waals surface area contributed by atoms with E-state index in [2.05, 4.69) is 7.05 Å². The topological polar surface area (TPSA) is 35.5 Å². The van der Waals surface area contributed by atoms with Crippen molar-refractivity contribution in [2.24, 2.45) is 5.92 Å². The number of halogens is 3. The van der Waals surface area contributed by atoms with Crippen molar-refractivity contribution < 1.29 is 42.7 Å². The molecule has 2 aliphatic rings. The molecule has 0 radical (unpaired) electrons. The first-order chi connectivity index (χ1) is 12.0. The molecule has 1 aromatic carbocycles. The Balaban J connectivity index is 0.00000243. The van der Waals surface area contributed by atoms with Gasteiger partial charge in [0.1, 0.15) is 5.75 Å². The van der Waals surface area contributed by atoms with Gasteiger partial charge >= 0.3 is 5.97 Å². The summed E-state index contributed by atoms with van der Waals surface area (Å²) in [5, 5.41) is 0.925. The lowest BCUT2D eigenvalue weighted by Crippen LogP contribution is -3.00. The van der Waals surface area contributed by atoms with Gasteiger partial charge in [0.2, 0.25) is 0 Å². The minimum Gasteiger partial charge on any atom is -1.00 e. The molecule has 2 fully saturated rings. The Kier molecular flexibility index (Phi) is 8.32. The molecule has 0 spiro atoms. The SMILES string of the molecule is C[N+]12CCCCC1C(COC(=O)COc1ccc(Cl)cc1Cl)CCC2.[I-]. The number of fused-ring (bicyclic) bond motifs is 1. The van der Waals surface area contributed by atoms with Crippen LogP contribution in [0.4, 0.5) is 0 Å². The maximum absolute atomic E-state index is 12.1. The van der Waals surface area contributed by atoms with E-state index in [4.69, 9.17) is 32.7 Å². The summed E-state index contributed by atoms with van der Waals surface area (Å²) in [7, 11) is 2.36. The van der Waals surface area contributed by atoms with Crippen LogP contribution in [0.25, 0.3) is 0 Å². The molecule has 26 heavy (non-hydrogen) atoms. The van der Waals surface area contributed by atoms with Gasteiger partial charge in [0.25, 0.3) is 0 Å². The lowest BCUT2D eigenvalue weighted by molar-refractivity contribution is -0.947. The summed E-state index contributed by atoms with van der Waals surface area (Å²) in [6.45, 7) is 2.88. The Morgan fingerprint density at radius 2 is 1.96 bits per heavy atom. The van der Waals surface area contributed by atoms with E-state index < -0.39 is 0 Å². The molecular formula is C19H26Cl2INO3.